The first kappa shape index (κ1) is 25.2. The third kappa shape index (κ3) is 5.74. The fourth-order valence-corrected chi connectivity index (χ4v) is 3.88. The zero-order chi connectivity index (χ0) is 25.3. The summed E-state index contributed by atoms with van der Waals surface area (Å²) in [7, 11) is 1.84. The number of benzene rings is 2. The van der Waals surface area contributed by atoms with Gasteiger partial charge in [-0.3, -0.25) is 14.3 Å². The van der Waals surface area contributed by atoms with Crippen LogP contribution in [0.1, 0.15) is 67.4 Å². The quantitative estimate of drug-likeness (QED) is 0.502. The van der Waals surface area contributed by atoms with Gasteiger partial charge in [0.25, 0.3) is 5.91 Å². The van der Waals surface area contributed by atoms with E-state index in [1.165, 1.54) is 5.56 Å². The van der Waals surface area contributed by atoms with Gasteiger partial charge in [0.15, 0.2) is 5.69 Å². The van der Waals surface area contributed by atoms with Crippen molar-refractivity contribution in [2.24, 2.45) is 12.5 Å². The molecular formula is C28H35N3O3. The lowest BCUT2D eigenvalue weighted by molar-refractivity contribution is -0.146. The number of amides is 1. The predicted molar refractivity (Wildman–Crippen MR) is 135 cm³/mol. The number of nitrogens with zero attached hydrogens (tertiary/aromatic N) is 2. The van der Waals surface area contributed by atoms with Gasteiger partial charge >= 0.3 is 5.97 Å². The highest BCUT2D eigenvalue weighted by Gasteiger charge is 2.28. The highest BCUT2D eigenvalue weighted by Crippen LogP contribution is 2.27. The Hall–Kier alpha value is -3.41. The topological polar surface area (TPSA) is 84.2 Å². The van der Waals surface area contributed by atoms with Crippen molar-refractivity contribution in [3.05, 3.63) is 76.5 Å². The lowest BCUT2D eigenvalue weighted by atomic mass is 9.84. The van der Waals surface area contributed by atoms with E-state index in [1.54, 1.807) is 18.5 Å². The molecular weight excluding hydrogens is 426 g/mol. The number of rotatable bonds is 7. The maximum Gasteiger partial charge on any atom is 0.309 e. The van der Waals surface area contributed by atoms with Crippen LogP contribution in [0.15, 0.2) is 48.5 Å². The number of hydrogen-bond acceptors (Lipinski definition) is 3. The average Bonchev–Trinajstić information content (AvgIpc) is 3.14. The molecule has 0 bridgehead atoms. The number of carboxylic acids is 1. The Bertz CT molecular complexity index is 1200. The van der Waals surface area contributed by atoms with Crippen molar-refractivity contribution in [1.82, 2.24) is 15.1 Å². The van der Waals surface area contributed by atoms with E-state index >= 15 is 0 Å². The van der Waals surface area contributed by atoms with Crippen molar-refractivity contribution in [3.63, 3.8) is 0 Å². The fraction of sp³-hybridized carbons (Fsp3) is 0.393. The van der Waals surface area contributed by atoms with Crippen molar-refractivity contribution in [2.45, 2.75) is 59.9 Å². The van der Waals surface area contributed by atoms with Gasteiger partial charge in [0.05, 0.1) is 11.1 Å². The van der Waals surface area contributed by atoms with Gasteiger partial charge in [0.2, 0.25) is 0 Å². The Labute approximate surface area is 202 Å². The lowest BCUT2D eigenvalue weighted by Gasteiger charge is -2.20. The average molecular weight is 462 g/mol. The first-order valence-electron chi connectivity index (χ1n) is 11.5. The summed E-state index contributed by atoms with van der Waals surface area (Å²) in [5.41, 5.74) is 5.73. The second-order valence-corrected chi connectivity index (χ2v) is 10.7. The molecule has 0 unspecified atom stereocenters. The first-order chi connectivity index (χ1) is 15.8. The molecule has 0 aliphatic carbocycles. The summed E-state index contributed by atoms with van der Waals surface area (Å²) in [6, 6.07) is 16.0. The minimum Gasteiger partial charge on any atom is -0.481 e. The number of aryl methyl sites for hydroxylation is 2. The number of carbonyl (C=O) groups is 2. The summed E-state index contributed by atoms with van der Waals surface area (Å²) in [6.45, 7) is 12.3. The second-order valence-electron chi connectivity index (χ2n) is 10.7. The minimum absolute atomic E-state index is 0.0824. The molecule has 0 atom stereocenters. The maximum atomic E-state index is 12.8. The Morgan fingerprint density at radius 2 is 1.65 bits per heavy atom. The third-order valence-corrected chi connectivity index (χ3v) is 6.23. The van der Waals surface area contributed by atoms with Gasteiger partial charge in [0.1, 0.15) is 0 Å². The minimum atomic E-state index is -0.829. The van der Waals surface area contributed by atoms with Crippen molar-refractivity contribution in [3.8, 4) is 11.3 Å². The molecule has 3 rings (SSSR count). The Morgan fingerprint density at radius 3 is 2.21 bits per heavy atom. The Morgan fingerprint density at radius 1 is 1.00 bits per heavy atom. The van der Waals surface area contributed by atoms with Gasteiger partial charge in [-0.2, -0.15) is 5.10 Å². The van der Waals surface area contributed by atoms with E-state index in [9.17, 15) is 14.7 Å². The summed E-state index contributed by atoms with van der Waals surface area (Å²) in [5, 5.41) is 16.7. The van der Waals surface area contributed by atoms with Crippen molar-refractivity contribution < 1.29 is 14.7 Å². The molecule has 3 aromatic rings. The SMILES string of the molecule is Cc1cc(CNC(=O)c2cc(-c3ccc(C(C)(C)C)cc3)n(C)n2)ccc1CC(C)(C)C(=O)O. The molecule has 180 valence electrons. The summed E-state index contributed by atoms with van der Waals surface area (Å²) in [5.74, 6) is -1.05. The van der Waals surface area contributed by atoms with Crippen LogP contribution in [0.2, 0.25) is 0 Å². The van der Waals surface area contributed by atoms with E-state index in [2.05, 4.69) is 55.5 Å². The predicted octanol–water partition coefficient (Wildman–Crippen LogP) is 5.28. The van der Waals surface area contributed by atoms with E-state index in [4.69, 9.17) is 0 Å². The smallest absolute Gasteiger partial charge is 0.309 e. The molecule has 0 aliphatic heterocycles. The summed E-state index contributed by atoms with van der Waals surface area (Å²) in [4.78, 5) is 24.2. The number of aromatic nitrogens is 2. The molecule has 6 heteroatoms. The van der Waals surface area contributed by atoms with Crippen LogP contribution in [0.3, 0.4) is 0 Å². The Kier molecular flexibility index (Phi) is 7.01. The third-order valence-electron chi connectivity index (χ3n) is 6.23. The van der Waals surface area contributed by atoms with Crippen LogP contribution >= 0.6 is 0 Å². The molecule has 0 saturated carbocycles. The van der Waals surface area contributed by atoms with E-state index in [0.717, 1.165) is 27.9 Å². The molecule has 2 N–H and O–H groups in total. The largest absolute Gasteiger partial charge is 0.481 e. The zero-order valence-electron chi connectivity index (χ0n) is 21.2. The molecule has 2 aromatic carbocycles. The van der Waals surface area contributed by atoms with E-state index in [-0.39, 0.29) is 11.3 Å². The van der Waals surface area contributed by atoms with Gasteiger partial charge in [-0.1, -0.05) is 63.2 Å². The standard InChI is InChI=1S/C28H35N3O3/c1-18-14-19(8-9-21(18)16-28(5,6)26(33)34)17-29-25(32)23-15-24(31(7)30-23)20-10-12-22(13-11-20)27(2,3)4/h8-15H,16-17H2,1-7H3,(H,29,32)(H,33,34). The molecule has 1 amide bonds. The van der Waals surface area contributed by atoms with Gasteiger partial charge in [-0.25, -0.2) is 0 Å². The highest BCUT2D eigenvalue weighted by molar-refractivity contribution is 5.93. The molecule has 6 nitrogen and oxygen atoms in total. The molecule has 0 radical (unpaired) electrons. The van der Waals surface area contributed by atoms with E-state index in [1.807, 2.05) is 38.2 Å². The van der Waals surface area contributed by atoms with E-state index < -0.39 is 11.4 Å². The van der Waals surface area contributed by atoms with E-state index in [0.29, 0.717) is 18.7 Å². The summed E-state index contributed by atoms with van der Waals surface area (Å²) < 4.78 is 1.73. The number of hydrogen-bond donors (Lipinski definition) is 2. The monoisotopic (exact) mass is 461 g/mol. The van der Waals surface area contributed by atoms with Gasteiger partial charge in [0, 0.05) is 13.6 Å². The van der Waals surface area contributed by atoms with Crippen molar-refractivity contribution in [1.29, 1.82) is 0 Å². The summed E-state index contributed by atoms with van der Waals surface area (Å²) >= 11 is 0. The Balaban J connectivity index is 1.68. The molecule has 0 fully saturated rings. The van der Waals surface area contributed by atoms with Crippen LogP contribution < -0.4 is 5.32 Å². The molecule has 1 aromatic heterocycles. The molecule has 0 aliphatic rings. The van der Waals surface area contributed by atoms with Crippen LogP contribution in [0, 0.1) is 12.3 Å². The maximum absolute atomic E-state index is 12.8. The normalized spacial score (nSPS) is 12.0. The van der Waals surface area contributed by atoms with Gasteiger partial charge < -0.3 is 10.4 Å². The second kappa shape index (κ2) is 9.45. The van der Waals surface area contributed by atoms with Crippen LogP contribution in [0.4, 0.5) is 0 Å². The number of aliphatic carboxylic acids is 1. The van der Waals surface area contributed by atoms with Crippen molar-refractivity contribution in [2.75, 3.05) is 0 Å². The molecule has 0 spiro atoms. The molecule has 1 heterocycles. The van der Waals surface area contributed by atoms with Crippen LogP contribution in [-0.2, 0) is 30.2 Å². The number of nitrogens with one attached hydrogen (secondary N) is 1. The van der Waals surface area contributed by atoms with Crippen LogP contribution in [0.25, 0.3) is 11.3 Å². The zero-order valence-corrected chi connectivity index (χ0v) is 21.2. The van der Waals surface area contributed by atoms with Gasteiger partial charge in [-0.05, 0) is 66.5 Å². The fourth-order valence-electron chi connectivity index (χ4n) is 3.88. The van der Waals surface area contributed by atoms with Crippen molar-refractivity contribution >= 4 is 11.9 Å². The lowest BCUT2D eigenvalue weighted by Crippen LogP contribution is -2.26. The summed E-state index contributed by atoms with van der Waals surface area (Å²) in [6.07, 6.45) is 0.453. The van der Waals surface area contributed by atoms with Gasteiger partial charge in [-0.15, -0.1) is 0 Å². The first-order valence-corrected chi connectivity index (χ1v) is 11.5. The molecule has 34 heavy (non-hydrogen) atoms. The van der Waals surface area contributed by atoms with Crippen LogP contribution in [-0.4, -0.2) is 26.8 Å². The van der Waals surface area contributed by atoms with Crippen LogP contribution in [0.5, 0.6) is 0 Å². The number of carbonyl (C=O) groups excluding carboxylic acids is 1. The molecule has 0 saturated heterocycles. The highest BCUT2D eigenvalue weighted by atomic mass is 16.4. The number of carboxylic acid groups (broad SMARTS) is 1.